The summed E-state index contributed by atoms with van der Waals surface area (Å²) in [6, 6.07) is 3.30. The van der Waals surface area contributed by atoms with Crippen LogP contribution in [0.15, 0.2) is 18.7 Å². The number of hydrogen-bond acceptors (Lipinski definition) is 2. The summed E-state index contributed by atoms with van der Waals surface area (Å²) in [5.41, 5.74) is 8.07. The van der Waals surface area contributed by atoms with Gasteiger partial charge in [0.2, 0.25) is 0 Å². The Balaban J connectivity index is 3.38. The average molecular weight is 163 g/mol. The van der Waals surface area contributed by atoms with Crippen molar-refractivity contribution >= 4 is 11.8 Å². The summed E-state index contributed by atoms with van der Waals surface area (Å²) >= 11 is 0. The molecule has 2 nitrogen and oxygen atoms in total. The number of aromatic hydroxyl groups is 1. The highest BCUT2D eigenvalue weighted by Gasteiger charge is 2.05. The van der Waals surface area contributed by atoms with Crippen LogP contribution in [0.1, 0.15) is 18.1 Å². The van der Waals surface area contributed by atoms with E-state index in [9.17, 15) is 5.11 Å². The number of anilines is 1. The summed E-state index contributed by atoms with van der Waals surface area (Å²) in [7, 11) is 0. The lowest BCUT2D eigenvalue weighted by Gasteiger charge is -2.08. The Morgan fingerprint density at radius 3 is 2.67 bits per heavy atom. The zero-order valence-electron chi connectivity index (χ0n) is 7.17. The summed E-state index contributed by atoms with van der Waals surface area (Å²) in [5.74, 6) is 0.293. The predicted octanol–water partition coefficient (Wildman–Crippen LogP) is 2.18. The summed E-state index contributed by atoms with van der Waals surface area (Å²) in [6.45, 7) is 5.62. The van der Waals surface area contributed by atoms with E-state index in [4.69, 9.17) is 5.73 Å². The number of phenolic OH excluding ortho intramolecular Hbond substituents is 1. The Morgan fingerprint density at radius 1 is 1.58 bits per heavy atom. The topological polar surface area (TPSA) is 46.2 Å². The van der Waals surface area contributed by atoms with E-state index in [1.165, 1.54) is 0 Å². The van der Waals surface area contributed by atoms with Gasteiger partial charge in [0.15, 0.2) is 0 Å². The van der Waals surface area contributed by atoms with Gasteiger partial charge in [-0.3, -0.25) is 0 Å². The van der Waals surface area contributed by atoms with Gasteiger partial charge in [0, 0.05) is 16.8 Å². The molecule has 1 rings (SSSR count). The molecule has 0 atom stereocenters. The smallest absolute Gasteiger partial charge is 0.119 e. The quantitative estimate of drug-likeness (QED) is 0.518. The van der Waals surface area contributed by atoms with E-state index in [-0.39, 0.29) is 0 Å². The molecule has 0 spiro atoms. The van der Waals surface area contributed by atoms with E-state index in [0.717, 1.165) is 17.5 Å². The molecule has 0 bridgehead atoms. The van der Waals surface area contributed by atoms with Gasteiger partial charge in [0.25, 0.3) is 0 Å². The predicted molar refractivity (Wildman–Crippen MR) is 52.0 cm³/mol. The highest BCUT2D eigenvalue weighted by molar-refractivity contribution is 5.69. The maximum Gasteiger partial charge on any atom is 0.119 e. The Bertz CT molecular complexity index is 305. The highest BCUT2D eigenvalue weighted by Crippen LogP contribution is 2.27. The first kappa shape index (κ1) is 8.65. The molecular weight excluding hydrogens is 150 g/mol. The molecule has 0 saturated carbocycles. The van der Waals surface area contributed by atoms with Gasteiger partial charge in [-0.15, -0.1) is 0 Å². The minimum absolute atomic E-state index is 0.293. The van der Waals surface area contributed by atoms with E-state index in [0.29, 0.717) is 11.4 Å². The molecule has 1 aromatic carbocycles. The SMILES string of the molecule is C=Cc1c(N)ccc(O)c1CC. The van der Waals surface area contributed by atoms with Crippen LogP contribution >= 0.6 is 0 Å². The second-order valence-electron chi connectivity index (χ2n) is 2.62. The molecule has 0 aliphatic heterocycles. The molecule has 0 unspecified atom stereocenters. The van der Waals surface area contributed by atoms with Crippen molar-refractivity contribution in [2.45, 2.75) is 13.3 Å². The van der Waals surface area contributed by atoms with Crippen LogP contribution in [0, 0.1) is 0 Å². The number of rotatable bonds is 2. The van der Waals surface area contributed by atoms with Gasteiger partial charge in [-0.2, -0.15) is 0 Å². The minimum atomic E-state index is 0.293. The van der Waals surface area contributed by atoms with E-state index < -0.39 is 0 Å². The van der Waals surface area contributed by atoms with Crippen molar-refractivity contribution in [2.24, 2.45) is 0 Å². The fraction of sp³-hybridized carbons (Fsp3) is 0.200. The molecule has 0 aliphatic carbocycles. The summed E-state index contributed by atoms with van der Waals surface area (Å²) in [4.78, 5) is 0. The Morgan fingerprint density at radius 2 is 2.25 bits per heavy atom. The molecule has 64 valence electrons. The molecule has 0 aromatic heterocycles. The van der Waals surface area contributed by atoms with Crippen molar-refractivity contribution in [1.82, 2.24) is 0 Å². The molecule has 0 amide bonds. The third-order valence-corrected chi connectivity index (χ3v) is 1.92. The van der Waals surface area contributed by atoms with Crippen molar-refractivity contribution in [1.29, 1.82) is 0 Å². The molecular formula is C10H13NO. The minimum Gasteiger partial charge on any atom is -0.508 e. The Labute approximate surface area is 72.3 Å². The Hall–Kier alpha value is -1.44. The second-order valence-corrected chi connectivity index (χ2v) is 2.62. The fourth-order valence-electron chi connectivity index (χ4n) is 1.28. The van der Waals surface area contributed by atoms with Gasteiger partial charge in [0.05, 0.1) is 0 Å². The van der Waals surface area contributed by atoms with Gasteiger partial charge in [-0.05, 0) is 18.6 Å². The zero-order chi connectivity index (χ0) is 9.14. The third kappa shape index (κ3) is 1.28. The molecule has 2 heteroatoms. The monoisotopic (exact) mass is 163 g/mol. The largest absolute Gasteiger partial charge is 0.508 e. The van der Waals surface area contributed by atoms with Gasteiger partial charge in [-0.1, -0.05) is 19.6 Å². The van der Waals surface area contributed by atoms with E-state index in [1.54, 1.807) is 18.2 Å². The van der Waals surface area contributed by atoms with Crippen LogP contribution < -0.4 is 5.73 Å². The summed E-state index contributed by atoms with van der Waals surface area (Å²) < 4.78 is 0. The molecule has 3 N–H and O–H groups in total. The van der Waals surface area contributed by atoms with Gasteiger partial charge in [0.1, 0.15) is 5.75 Å². The summed E-state index contributed by atoms with van der Waals surface area (Å²) in [5, 5.41) is 9.44. The maximum absolute atomic E-state index is 9.44. The van der Waals surface area contributed by atoms with Gasteiger partial charge >= 0.3 is 0 Å². The molecule has 1 aromatic rings. The first-order valence-electron chi connectivity index (χ1n) is 3.93. The molecule has 0 fully saturated rings. The van der Waals surface area contributed by atoms with Crippen LogP contribution in [0.25, 0.3) is 6.08 Å². The van der Waals surface area contributed by atoms with E-state index in [1.807, 2.05) is 6.92 Å². The van der Waals surface area contributed by atoms with Crippen LogP contribution in [-0.4, -0.2) is 5.11 Å². The van der Waals surface area contributed by atoms with Crippen molar-refractivity contribution in [3.05, 3.63) is 29.8 Å². The first-order chi connectivity index (χ1) is 5.70. The lowest BCUT2D eigenvalue weighted by atomic mass is 10.0. The molecule has 12 heavy (non-hydrogen) atoms. The van der Waals surface area contributed by atoms with Gasteiger partial charge in [-0.25, -0.2) is 0 Å². The van der Waals surface area contributed by atoms with Crippen LogP contribution in [0.3, 0.4) is 0 Å². The molecule has 0 radical (unpaired) electrons. The van der Waals surface area contributed by atoms with Gasteiger partial charge < -0.3 is 10.8 Å². The van der Waals surface area contributed by atoms with Crippen LogP contribution in [-0.2, 0) is 6.42 Å². The number of hydrogen-bond donors (Lipinski definition) is 2. The highest BCUT2D eigenvalue weighted by atomic mass is 16.3. The summed E-state index contributed by atoms with van der Waals surface area (Å²) in [6.07, 6.45) is 2.44. The van der Waals surface area contributed by atoms with E-state index >= 15 is 0 Å². The standard InChI is InChI=1S/C10H13NO/c1-3-7-8(4-2)10(12)6-5-9(7)11/h3,5-6,12H,1,4,11H2,2H3. The number of nitrogens with two attached hydrogens (primary N) is 1. The van der Waals surface area contributed by atoms with Crippen molar-refractivity contribution in [2.75, 3.05) is 5.73 Å². The molecule has 0 heterocycles. The normalized spacial score (nSPS) is 9.75. The number of benzene rings is 1. The Kier molecular flexibility index (Phi) is 2.38. The second kappa shape index (κ2) is 3.30. The lowest BCUT2D eigenvalue weighted by Crippen LogP contribution is -1.94. The van der Waals surface area contributed by atoms with Crippen molar-refractivity contribution in [3.63, 3.8) is 0 Å². The molecule has 0 saturated heterocycles. The fourth-order valence-corrected chi connectivity index (χ4v) is 1.28. The number of phenols is 1. The maximum atomic E-state index is 9.44. The van der Waals surface area contributed by atoms with Crippen LogP contribution in [0.5, 0.6) is 5.75 Å². The van der Waals surface area contributed by atoms with E-state index in [2.05, 4.69) is 6.58 Å². The lowest BCUT2D eigenvalue weighted by molar-refractivity contribution is 0.469. The zero-order valence-corrected chi connectivity index (χ0v) is 7.17. The van der Waals surface area contributed by atoms with Crippen molar-refractivity contribution < 1.29 is 5.11 Å². The van der Waals surface area contributed by atoms with Crippen molar-refractivity contribution in [3.8, 4) is 5.75 Å². The van der Waals surface area contributed by atoms with Crippen LogP contribution in [0.2, 0.25) is 0 Å². The first-order valence-corrected chi connectivity index (χ1v) is 3.93. The van der Waals surface area contributed by atoms with Crippen LogP contribution in [0.4, 0.5) is 5.69 Å². The average Bonchev–Trinajstić information content (AvgIpc) is 2.08. The number of nitrogen functional groups attached to an aromatic ring is 1. The third-order valence-electron chi connectivity index (χ3n) is 1.92. The molecule has 0 aliphatic rings.